The molecule has 0 radical (unpaired) electrons. The van der Waals surface area contributed by atoms with Crippen LogP contribution >= 0.6 is 0 Å². The Morgan fingerprint density at radius 2 is 1.87 bits per heavy atom. The van der Waals surface area contributed by atoms with E-state index in [-0.39, 0.29) is 11.1 Å². The highest BCUT2D eigenvalue weighted by molar-refractivity contribution is 5.94. The van der Waals surface area contributed by atoms with Crippen molar-refractivity contribution in [3.05, 3.63) is 69.6 Å². The van der Waals surface area contributed by atoms with Crippen LogP contribution in [0.25, 0.3) is 11.0 Å². The van der Waals surface area contributed by atoms with Crippen LogP contribution in [0.3, 0.4) is 0 Å². The predicted octanol–water partition coefficient (Wildman–Crippen LogP) is 2.21. The summed E-state index contributed by atoms with van der Waals surface area (Å²) < 4.78 is 11.8. The van der Waals surface area contributed by atoms with E-state index >= 15 is 0 Å². The maximum Gasteiger partial charge on any atom is 0.338 e. The predicted molar refractivity (Wildman–Crippen MR) is 112 cm³/mol. The van der Waals surface area contributed by atoms with Crippen LogP contribution < -0.4 is 15.6 Å². The molecule has 0 aliphatic rings. The molecule has 0 fully saturated rings. The van der Waals surface area contributed by atoms with E-state index in [0.717, 1.165) is 11.3 Å². The lowest BCUT2D eigenvalue weighted by atomic mass is 10.2. The van der Waals surface area contributed by atoms with Gasteiger partial charge in [0.25, 0.3) is 11.5 Å². The molecule has 1 N–H and O–H groups in total. The highest BCUT2D eigenvalue weighted by Gasteiger charge is 2.13. The van der Waals surface area contributed by atoms with Crippen LogP contribution in [0.2, 0.25) is 0 Å². The molecule has 0 bridgehead atoms. The molecule has 0 atom stereocenters. The van der Waals surface area contributed by atoms with Crippen molar-refractivity contribution in [1.29, 1.82) is 0 Å². The summed E-state index contributed by atoms with van der Waals surface area (Å²) >= 11 is 0. The summed E-state index contributed by atoms with van der Waals surface area (Å²) in [5, 5.41) is 2.69. The number of methoxy groups -OCH3 is 1. The monoisotopic (exact) mass is 409 g/mol. The number of esters is 1. The van der Waals surface area contributed by atoms with Gasteiger partial charge in [0.1, 0.15) is 11.4 Å². The Hall–Kier alpha value is -3.68. The summed E-state index contributed by atoms with van der Waals surface area (Å²) in [6.45, 7) is 3.91. The number of rotatable bonds is 7. The molecule has 30 heavy (non-hydrogen) atoms. The standard InChI is InChI=1S/C22H23N3O5/c1-4-25-19-10-7-16(11-18(19)24-14(2)21(25)27)22(28)30-13-20(26)23-12-15-5-8-17(29-3)9-6-15/h5-11H,4,12-13H2,1-3H3,(H,23,26). The maximum atomic E-state index is 12.3. The molecule has 0 spiro atoms. The number of carbonyl (C=O) groups is 2. The highest BCUT2D eigenvalue weighted by atomic mass is 16.5. The number of nitrogens with one attached hydrogen (secondary N) is 1. The number of fused-ring (bicyclic) bond motifs is 1. The fraction of sp³-hybridized carbons (Fsp3) is 0.273. The molecule has 1 aromatic heterocycles. The van der Waals surface area contributed by atoms with Crippen molar-refractivity contribution in [3.63, 3.8) is 0 Å². The van der Waals surface area contributed by atoms with Gasteiger partial charge < -0.3 is 19.4 Å². The van der Waals surface area contributed by atoms with E-state index in [9.17, 15) is 14.4 Å². The Labute approximate surface area is 173 Å². The molecule has 1 heterocycles. The minimum atomic E-state index is -0.634. The minimum absolute atomic E-state index is 0.158. The van der Waals surface area contributed by atoms with Crippen molar-refractivity contribution < 1.29 is 19.1 Å². The number of aryl methyl sites for hydroxylation is 2. The lowest BCUT2D eigenvalue weighted by Gasteiger charge is -2.10. The molecule has 0 aliphatic heterocycles. The van der Waals surface area contributed by atoms with Crippen molar-refractivity contribution in [2.75, 3.05) is 13.7 Å². The lowest BCUT2D eigenvalue weighted by Crippen LogP contribution is -2.28. The number of carbonyl (C=O) groups excluding carboxylic acids is 2. The first kappa shape index (κ1) is 21.0. The number of ether oxygens (including phenoxy) is 2. The third kappa shape index (κ3) is 4.65. The average molecular weight is 409 g/mol. The number of amides is 1. The van der Waals surface area contributed by atoms with Gasteiger partial charge in [-0.25, -0.2) is 9.78 Å². The van der Waals surface area contributed by atoms with Gasteiger partial charge >= 0.3 is 5.97 Å². The van der Waals surface area contributed by atoms with Crippen molar-refractivity contribution in [1.82, 2.24) is 14.9 Å². The van der Waals surface area contributed by atoms with Gasteiger partial charge in [0.15, 0.2) is 6.61 Å². The van der Waals surface area contributed by atoms with E-state index in [1.807, 2.05) is 19.1 Å². The normalized spacial score (nSPS) is 10.6. The second-order valence-corrected chi connectivity index (χ2v) is 6.65. The number of hydrogen-bond donors (Lipinski definition) is 1. The Morgan fingerprint density at radius 1 is 1.13 bits per heavy atom. The molecule has 0 saturated heterocycles. The van der Waals surface area contributed by atoms with Crippen molar-refractivity contribution in [2.45, 2.75) is 26.9 Å². The van der Waals surface area contributed by atoms with Gasteiger partial charge in [0.2, 0.25) is 0 Å². The Bertz CT molecular complexity index is 1140. The third-order valence-electron chi connectivity index (χ3n) is 4.64. The van der Waals surface area contributed by atoms with Gasteiger partial charge in [-0.15, -0.1) is 0 Å². The SMILES string of the molecule is CCn1c(=O)c(C)nc2cc(C(=O)OCC(=O)NCc3ccc(OC)cc3)ccc21. The zero-order valence-corrected chi connectivity index (χ0v) is 17.1. The largest absolute Gasteiger partial charge is 0.497 e. The van der Waals surface area contributed by atoms with E-state index in [1.54, 1.807) is 48.9 Å². The molecule has 156 valence electrons. The number of hydrogen-bond acceptors (Lipinski definition) is 6. The van der Waals surface area contributed by atoms with Gasteiger partial charge in [-0.05, 0) is 49.7 Å². The van der Waals surface area contributed by atoms with Crippen molar-refractivity contribution in [2.24, 2.45) is 0 Å². The van der Waals surface area contributed by atoms with Gasteiger partial charge in [0.05, 0.1) is 23.7 Å². The zero-order chi connectivity index (χ0) is 21.7. The number of benzene rings is 2. The molecule has 2 aromatic carbocycles. The van der Waals surface area contributed by atoms with E-state index in [2.05, 4.69) is 10.3 Å². The van der Waals surface area contributed by atoms with Crippen LogP contribution in [0.1, 0.15) is 28.5 Å². The van der Waals surface area contributed by atoms with Gasteiger partial charge in [-0.1, -0.05) is 12.1 Å². The molecule has 3 aromatic rings. The van der Waals surface area contributed by atoms with Crippen molar-refractivity contribution in [3.8, 4) is 5.75 Å². The zero-order valence-electron chi connectivity index (χ0n) is 17.1. The van der Waals surface area contributed by atoms with E-state index < -0.39 is 18.5 Å². The summed E-state index contributed by atoms with van der Waals surface area (Å²) in [6, 6.07) is 12.1. The van der Waals surface area contributed by atoms with Crippen LogP contribution in [-0.4, -0.2) is 35.1 Å². The Balaban J connectivity index is 1.61. The van der Waals surface area contributed by atoms with Gasteiger partial charge in [0, 0.05) is 13.1 Å². The minimum Gasteiger partial charge on any atom is -0.497 e. The first-order valence-electron chi connectivity index (χ1n) is 9.51. The number of nitrogens with zero attached hydrogens (tertiary/aromatic N) is 2. The van der Waals surface area contributed by atoms with E-state index in [0.29, 0.717) is 29.8 Å². The fourth-order valence-corrected chi connectivity index (χ4v) is 3.02. The lowest BCUT2D eigenvalue weighted by molar-refractivity contribution is -0.124. The molecule has 8 nitrogen and oxygen atoms in total. The van der Waals surface area contributed by atoms with Crippen LogP contribution in [0, 0.1) is 6.92 Å². The van der Waals surface area contributed by atoms with Gasteiger partial charge in [-0.2, -0.15) is 0 Å². The summed E-state index contributed by atoms with van der Waals surface area (Å²) in [5.74, 6) is -0.311. The second kappa shape index (κ2) is 9.21. The second-order valence-electron chi connectivity index (χ2n) is 6.65. The first-order chi connectivity index (χ1) is 14.4. The highest BCUT2D eigenvalue weighted by Crippen LogP contribution is 2.14. The quantitative estimate of drug-likeness (QED) is 0.601. The summed E-state index contributed by atoms with van der Waals surface area (Å²) in [7, 11) is 1.58. The van der Waals surface area contributed by atoms with Crippen LogP contribution in [0.4, 0.5) is 0 Å². The summed E-state index contributed by atoms with van der Waals surface area (Å²) in [6.07, 6.45) is 0. The van der Waals surface area contributed by atoms with Crippen LogP contribution in [0.5, 0.6) is 5.75 Å². The molecule has 0 unspecified atom stereocenters. The van der Waals surface area contributed by atoms with Crippen molar-refractivity contribution >= 4 is 22.9 Å². The molecule has 0 aliphatic carbocycles. The molecular formula is C22H23N3O5. The van der Waals surface area contributed by atoms with Gasteiger partial charge in [-0.3, -0.25) is 9.59 Å². The van der Waals surface area contributed by atoms with Crippen LogP contribution in [-0.2, 0) is 22.6 Å². The van der Waals surface area contributed by atoms with E-state index in [4.69, 9.17) is 9.47 Å². The first-order valence-corrected chi connectivity index (χ1v) is 9.51. The topological polar surface area (TPSA) is 99.5 Å². The average Bonchev–Trinajstić information content (AvgIpc) is 2.77. The fourth-order valence-electron chi connectivity index (χ4n) is 3.02. The van der Waals surface area contributed by atoms with E-state index in [1.165, 1.54) is 0 Å². The smallest absolute Gasteiger partial charge is 0.338 e. The molecular weight excluding hydrogens is 386 g/mol. The number of aromatic nitrogens is 2. The Kier molecular flexibility index (Phi) is 6.46. The molecule has 1 amide bonds. The maximum absolute atomic E-state index is 12.3. The van der Waals surface area contributed by atoms with Crippen LogP contribution in [0.15, 0.2) is 47.3 Å². The summed E-state index contributed by atoms with van der Waals surface area (Å²) in [4.78, 5) is 40.8. The molecule has 3 rings (SSSR count). The Morgan fingerprint density at radius 3 is 2.53 bits per heavy atom. The summed E-state index contributed by atoms with van der Waals surface area (Å²) in [5.41, 5.74) is 2.52. The molecule has 8 heteroatoms. The third-order valence-corrected chi connectivity index (χ3v) is 4.64. The molecule has 0 saturated carbocycles.